The lowest BCUT2D eigenvalue weighted by Crippen LogP contribution is -2.52. The Bertz CT molecular complexity index is 676. The lowest BCUT2D eigenvalue weighted by molar-refractivity contribution is -0.135. The Kier molecular flexibility index (Phi) is 4.16. The van der Waals surface area contributed by atoms with Crippen LogP contribution in [0.2, 0.25) is 0 Å². The highest BCUT2D eigenvalue weighted by molar-refractivity contribution is 5.81. The molecule has 5 nitrogen and oxygen atoms in total. The molecule has 2 N–H and O–H groups in total. The topological polar surface area (TPSA) is 64.2 Å². The van der Waals surface area contributed by atoms with Crippen molar-refractivity contribution in [2.45, 2.75) is 51.7 Å². The van der Waals surface area contributed by atoms with E-state index in [-0.39, 0.29) is 18.0 Å². The van der Waals surface area contributed by atoms with Gasteiger partial charge in [0.25, 0.3) is 0 Å². The lowest BCUT2D eigenvalue weighted by atomic mass is 9.97. The number of rotatable bonds is 3. The first-order valence-corrected chi connectivity index (χ1v) is 8.05. The predicted molar refractivity (Wildman–Crippen MR) is 87.5 cm³/mol. The molecule has 1 fully saturated rings. The molecule has 2 unspecified atom stereocenters. The van der Waals surface area contributed by atoms with Crippen LogP contribution in [0, 0.1) is 6.92 Å². The molecular formula is C17H24N4O. The summed E-state index contributed by atoms with van der Waals surface area (Å²) in [7, 11) is 0. The molecule has 22 heavy (non-hydrogen) atoms. The fourth-order valence-electron chi connectivity index (χ4n) is 3.44. The minimum Gasteiger partial charge on any atom is -0.337 e. The zero-order chi connectivity index (χ0) is 15.7. The molecule has 118 valence electrons. The molecular weight excluding hydrogens is 276 g/mol. The van der Waals surface area contributed by atoms with Gasteiger partial charge in [0.05, 0.1) is 11.0 Å². The number of hydrogen-bond donors (Lipinski definition) is 1. The minimum atomic E-state index is 0.0184. The smallest absolute Gasteiger partial charge is 0.242 e. The number of amides is 1. The van der Waals surface area contributed by atoms with E-state index in [0.717, 1.165) is 42.7 Å². The molecule has 1 aliphatic heterocycles. The first kappa shape index (κ1) is 15.0. The quantitative estimate of drug-likeness (QED) is 0.944. The van der Waals surface area contributed by atoms with Crippen LogP contribution in [0.5, 0.6) is 0 Å². The second-order valence-corrected chi connectivity index (χ2v) is 6.24. The Hall–Kier alpha value is -1.88. The first-order chi connectivity index (χ1) is 10.6. The van der Waals surface area contributed by atoms with Crippen LogP contribution in [-0.4, -0.2) is 39.0 Å². The van der Waals surface area contributed by atoms with Gasteiger partial charge in [-0.25, -0.2) is 4.98 Å². The number of aryl methyl sites for hydroxylation is 1. The molecule has 2 aromatic rings. The Labute approximate surface area is 131 Å². The summed E-state index contributed by atoms with van der Waals surface area (Å²) in [6.45, 7) is 5.10. The highest BCUT2D eigenvalue weighted by Gasteiger charge is 2.29. The standard InChI is InChI=1S/C17H24N4O/c1-12(18)15-8-5-6-10-20(15)17(22)11-21-13(2)19-14-7-3-4-9-16(14)21/h3-4,7,9,12,15H,5-6,8,10-11,18H2,1-2H3. The average Bonchev–Trinajstić information content (AvgIpc) is 2.83. The number of carbonyl (C=O) groups excluding carboxylic acids is 1. The molecule has 0 aliphatic carbocycles. The normalized spacial score (nSPS) is 20.3. The molecule has 2 heterocycles. The van der Waals surface area contributed by atoms with Crippen molar-refractivity contribution in [3.05, 3.63) is 30.1 Å². The molecule has 1 aromatic carbocycles. The summed E-state index contributed by atoms with van der Waals surface area (Å²) >= 11 is 0. The summed E-state index contributed by atoms with van der Waals surface area (Å²) in [5.41, 5.74) is 8.03. The van der Waals surface area contributed by atoms with Crippen molar-refractivity contribution in [2.75, 3.05) is 6.54 Å². The highest BCUT2D eigenvalue weighted by Crippen LogP contribution is 2.21. The fraction of sp³-hybridized carbons (Fsp3) is 0.529. The van der Waals surface area contributed by atoms with Gasteiger partial charge in [0.2, 0.25) is 5.91 Å². The number of nitrogens with zero attached hydrogens (tertiary/aromatic N) is 3. The molecule has 0 radical (unpaired) electrons. The molecule has 1 aromatic heterocycles. The van der Waals surface area contributed by atoms with Crippen LogP contribution in [0.1, 0.15) is 32.0 Å². The van der Waals surface area contributed by atoms with Crippen molar-refractivity contribution in [2.24, 2.45) is 5.73 Å². The second-order valence-electron chi connectivity index (χ2n) is 6.24. The molecule has 5 heteroatoms. The van der Waals surface area contributed by atoms with Gasteiger partial charge in [-0.2, -0.15) is 0 Å². The van der Waals surface area contributed by atoms with E-state index in [0.29, 0.717) is 6.54 Å². The second kappa shape index (κ2) is 6.08. The molecule has 0 saturated carbocycles. The van der Waals surface area contributed by atoms with E-state index < -0.39 is 0 Å². The summed E-state index contributed by atoms with van der Waals surface area (Å²) in [6.07, 6.45) is 3.23. The van der Waals surface area contributed by atoms with E-state index in [4.69, 9.17) is 5.73 Å². The number of carbonyl (C=O) groups is 1. The van der Waals surface area contributed by atoms with E-state index in [1.165, 1.54) is 0 Å². The van der Waals surface area contributed by atoms with Crippen LogP contribution in [-0.2, 0) is 11.3 Å². The summed E-state index contributed by atoms with van der Waals surface area (Å²) in [5.74, 6) is 1.03. The number of nitrogens with two attached hydrogens (primary N) is 1. The lowest BCUT2D eigenvalue weighted by Gasteiger charge is -2.38. The van der Waals surface area contributed by atoms with Crippen molar-refractivity contribution in [1.82, 2.24) is 14.5 Å². The van der Waals surface area contributed by atoms with Crippen LogP contribution in [0.4, 0.5) is 0 Å². The van der Waals surface area contributed by atoms with Gasteiger partial charge in [-0.15, -0.1) is 0 Å². The number of hydrogen-bond acceptors (Lipinski definition) is 3. The van der Waals surface area contributed by atoms with Gasteiger partial charge in [0.1, 0.15) is 12.4 Å². The number of likely N-dealkylation sites (tertiary alicyclic amines) is 1. The number of fused-ring (bicyclic) bond motifs is 1. The number of piperidine rings is 1. The van der Waals surface area contributed by atoms with Gasteiger partial charge in [-0.05, 0) is 45.2 Å². The molecule has 0 bridgehead atoms. The Morgan fingerprint density at radius 3 is 2.95 bits per heavy atom. The van der Waals surface area contributed by atoms with Crippen molar-refractivity contribution >= 4 is 16.9 Å². The van der Waals surface area contributed by atoms with Crippen molar-refractivity contribution in [1.29, 1.82) is 0 Å². The molecule has 3 rings (SSSR count). The number of benzene rings is 1. The summed E-state index contributed by atoms with van der Waals surface area (Å²) in [4.78, 5) is 19.3. The van der Waals surface area contributed by atoms with Gasteiger partial charge in [-0.1, -0.05) is 12.1 Å². The summed E-state index contributed by atoms with van der Waals surface area (Å²) < 4.78 is 2.00. The number of para-hydroxylation sites is 2. The van der Waals surface area contributed by atoms with Gasteiger partial charge in [0, 0.05) is 18.6 Å². The van der Waals surface area contributed by atoms with Crippen molar-refractivity contribution in [3.8, 4) is 0 Å². The molecule has 1 aliphatic rings. The van der Waals surface area contributed by atoms with E-state index in [1.807, 2.05) is 47.6 Å². The van der Waals surface area contributed by atoms with Gasteiger partial charge >= 0.3 is 0 Å². The maximum absolute atomic E-state index is 12.8. The van der Waals surface area contributed by atoms with Crippen molar-refractivity contribution in [3.63, 3.8) is 0 Å². The van der Waals surface area contributed by atoms with E-state index >= 15 is 0 Å². The maximum atomic E-state index is 12.8. The Morgan fingerprint density at radius 1 is 1.41 bits per heavy atom. The van der Waals surface area contributed by atoms with Crippen LogP contribution in [0.3, 0.4) is 0 Å². The largest absolute Gasteiger partial charge is 0.337 e. The predicted octanol–water partition coefficient (Wildman–Crippen LogP) is 2.07. The van der Waals surface area contributed by atoms with Gasteiger partial charge in [-0.3, -0.25) is 4.79 Å². The number of aromatic nitrogens is 2. The Morgan fingerprint density at radius 2 is 2.18 bits per heavy atom. The molecule has 1 saturated heterocycles. The Balaban J connectivity index is 1.84. The van der Waals surface area contributed by atoms with Crippen LogP contribution in [0.25, 0.3) is 11.0 Å². The minimum absolute atomic E-state index is 0.0184. The highest BCUT2D eigenvalue weighted by atomic mass is 16.2. The monoisotopic (exact) mass is 300 g/mol. The third-order valence-corrected chi connectivity index (χ3v) is 4.62. The molecule has 0 spiro atoms. The summed E-state index contributed by atoms with van der Waals surface area (Å²) in [6, 6.07) is 8.13. The maximum Gasteiger partial charge on any atom is 0.242 e. The van der Waals surface area contributed by atoms with Gasteiger partial charge < -0.3 is 15.2 Å². The molecule has 2 atom stereocenters. The van der Waals surface area contributed by atoms with E-state index in [9.17, 15) is 4.79 Å². The zero-order valence-electron chi connectivity index (χ0n) is 13.3. The number of imidazole rings is 1. The third kappa shape index (κ3) is 2.73. The summed E-state index contributed by atoms with van der Waals surface area (Å²) in [5, 5.41) is 0. The average molecular weight is 300 g/mol. The van der Waals surface area contributed by atoms with Crippen molar-refractivity contribution < 1.29 is 4.79 Å². The van der Waals surface area contributed by atoms with Gasteiger partial charge in [0.15, 0.2) is 0 Å². The van der Waals surface area contributed by atoms with E-state index in [1.54, 1.807) is 0 Å². The fourth-order valence-corrected chi connectivity index (χ4v) is 3.44. The van der Waals surface area contributed by atoms with Crippen LogP contribution in [0.15, 0.2) is 24.3 Å². The van der Waals surface area contributed by atoms with Crippen LogP contribution >= 0.6 is 0 Å². The first-order valence-electron chi connectivity index (χ1n) is 8.05. The van der Waals surface area contributed by atoms with E-state index in [2.05, 4.69) is 4.98 Å². The SMILES string of the molecule is Cc1nc2ccccc2n1CC(=O)N1CCCCC1C(C)N. The zero-order valence-corrected chi connectivity index (χ0v) is 13.3. The molecule has 1 amide bonds. The van der Waals surface area contributed by atoms with Crippen LogP contribution < -0.4 is 5.73 Å². The third-order valence-electron chi connectivity index (χ3n) is 4.62.